The minimum Gasteiger partial charge on any atom is -0.425 e. The molecule has 0 aliphatic carbocycles. The van der Waals surface area contributed by atoms with Gasteiger partial charge in [0.1, 0.15) is 6.04 Å². The number of piperazine rings is 1. The van der Waals surface area contributed by atoms with Gasteiger partial charge in [0.25, 0.3) is 0 Å². The molecule has 24 heavy (non-hydrogen) atoms. The molecule has 134 valence electrons. The third-order valence-electron chi connectivity index (χ3n) is 4.16. The van der Waals surface area contributed by atoms with Gasteiger partial charge in [-0.3, -0.25) is 9.59 Å². The largest absolute Gasteiger partial charge is 0.425 e. The van der Waals surface area contributed by atoms with Crippen LogP contribution in [0, 0.1) is 0 Å². The van der Waals surface area contributed by atoms with Crippen LogP contribution in [0.25, 0.3) is 0 Å². The highest BCUT2D eigenvalue weighted by Gasteiger charge is 2.34. The van der Waals surface area contributed by atoms with E-state index < -0.39 is 6.04 Å². The summed E-state index contributed by atoms with van der Waals surface area (Å²) < 4.78 is 5.54. The molecule has 1 unspecified atom stereocenters. The Hall–Kier alpha value is -1.96. The van der Waals surface area contributed by atoms with Gasteiger partial charge in [0.05, 0.1) is 0 Å². The van der Waals surface area contributed by atoms with E-state index in [9.17, 15) is 9.59 Å². The van der Waals surface area contributed by atoms with E-state index in [0.717, 1.165) is 6.54 Å². The molecule has 8 nitrogen and oxygen atoms in total. The average Bonchev–Trinajstić information content (AvgIpc) is 3.01. The molecule has 2 amide bonds. The monoisotopic (exact) mass is 337 g/mol. The Morgan fingerprint density at radius 1 is 1.29 bits per heavy atom. The molecular weight excluding hydrogens is 310 g/mol. The van der Waals surface area contributed by atoms with Crippen LogP contribution >= 0.6 is 0 Å². The van der Waals surface area contributed by atoms with Crippen molar-refractivity contribution in [3.63, 3.8) is 0 Å². The molecule has 0 aromatic carbocycles. The zero-order valence-corrected chi connectivity index (χ0v) is 15.2. The van der Waals surface area contributed by atoms with E-state index in [-0.39, 0.29) is 24.2 Å². The minimum absolute atomic E-state index is 0.0465. The lowest BCUT2D eigenvalue weighted by Gasteiger charge is -2.40. The van der Waals surface area contributed by atoms with Crippen LogP contribution < -0.4 is 0 Å². The SMILES string of the molecule is CC(C)c1nnc(CCC(=O)N2CCN(C)CC2C(=O)N(C)C)o1. The highest BCUT2D eigenvalue weighted by molar-refractivity contribution is 5.88. The maximum absolute atomic E-state index is 12.6. The zero-order chi connectivity index (χ0) is 17.9. The van der Waals surface area contributed by atoms with Crippen LogP contribution in [0.2, 0.25) is 0 Å². The molecule has 0 radical (unpaired) electrons. The Bertz CT molecular complexity index is 584. The number of likely N-dealkylation sites (N-methyl/N-ethyl adjacent to an activating group) is 2. The first-order valence-electron chi connectivity index (χ1n) is 8.31. The van der Waals surface area contributed by atoms with E-state index in [2.05, 4.69) is 15.1 Å². The predicted molar refractivity (Wildman–Crippen MR) is 88.4 cm³/mol. The molecule has 1 fully saturated rings. The molecule has 0 spiro atoms. The molecule has 1 saturated heterocycles. The summed E-state index contributed by atoms with van der Waals surface area (Å²) in [6.45, 7) is 5.83. The molecule has 8 heteroatoms. The van der Waals surface area contributed by atoms with Crippen molar-refractivity contribution < 1.29 is 14.0 Å². The molecule has 2 heterocycles. The predicted octanol–water partition coefficient (Wildman–Crippen LogP) is 0.356. The summed E-state index contributed by atoms with van der Waals surface area (Å²) >= 11 is 0. The van der Waals surface area contributed by atoms with Gasteiger partial charge in [0.15, 0.2) is 0 Å². The third kappa shape index (κ3) is 4.31. The first-order valence-corrected chi connectivity index (χ1v) is 8.31. The number of rotatable bonds is 5. The molecule has 1 aliphatic heterocycles. The van der Waals surface area contributed by atoms with Gasteiger partial charge < -0.3 is 19.1 Å². The summed E-state index contributed by atoms with van der Waals surface area (Å²) in [7, 11) is 5.39. The average molecular weight is 337 g/mol. The maximum atomic E-state index is 12.6. The van der Waals surface area contributed by atoms with E-state index in [1.54, 1.807) is 19.0 Å². The Kier molecular flexibility index (Phi) is 5.93. The summed E-state index contributed by atoms with van der Waals surface area (Å²) in [4.78, 5) is 30.3. The second-order valence-corrected chi connectivity index (χ2v) is 6.79. The van der Waals surface area contributed by atoms with Crippen molar-refractivity contribution in [2.75, 3.05) is 40.8 Å². The third-order valence-corrected chi connectivity index (χ3v) is 4.16. The highest BCUT2D eigenvalue weighted by Crippen LogP contribution is 2.15. The zero-order valence-electron chi connectivity index (χ0n) is 15.2. The lowest BCUT2D eigenvalue weighted by molar-refractivity contribution is -0.147. The topological polar surface area (TPSA) is 82.8 Å². The number of aryl methyl sites for hydroxylation is 1. The summed E-state index contributed by atoms with van der Waals surface area (Å²) in [5.74, 6) is 1.12. The molecule has 0 N–H and O–H groups in total. The van der Waals surface area contributed by atoms with E-state index in [1.807, 2.05) is 20.9 Å². The van der Waals surface area contributed by atoms with E-state index >= 15 is 0 Å². The van der Waals surface area contributed by atoms with Crippen LogP contribution in [-0.2, 0) is 16.0 Å². The molecule has 0 bridgehead atoms. The molecular formula is C16H27N5O3. The van der Waals surface area contributed by atoms with Crippen molar-refractivity contribution >= 4 is 11.8 Å². The lowest BCUT2D eigenvalue weighted by atomic mass is 10.1. The van der Waals surface area contributed by atoms with Crippen molar-refractivity contribution in [1.82, 2.24) is 24.9 Å². The van der Waals surface area contributed by atoms with Crippen LogP contribution in [0.1, 0.15) is 38.0 Å². The number of aromatic nitrogens is 2. The van der Waals surface area contributed by atoms with Gasteiger partial charge in [-0.2, -0.15) is 0 Å². The Morgan fingerprint density at radius 2 is 2.00 bits per heavy atom. The summed E-state index contributed by atoms with van der Waals surface area (Å²) in [5, 5.41) is 7.95. The first kappa shape index (κ1) is 18.4. The fourth-order valence-corrected chi connectivity index (χ4v) is 2.69. The number of amides is 2. The highest BCUT2D eigenvalue weighted by atomic mass is 16.4. The second kappa shape index (κ2) is 7.74. The van der Waals surface area contributed by atoms with E-state index in [4.69, 9.17) is 4.42 Å². The molecule has 1 aliphatic rings. The van der Waals surface area contributed by atoms with Crippen LogP contribution in [-0.4, -0.2) is 83.5 Å². The summed E-state index contributed by atoms with van der Waals surface area (Å²) in [5.41, 5.74) is 0. The first-order chi connectivity index (χ1) is 11.3. The van der Waals surface area contributed by atoms with Crippen molar-refractivity contribution in [2.45, 2.75) is 38.6 Å². The van der Waals surface area contributed by atoms with Crippen LogP contribution in [0.15, 0.2) is 4.42 Å². The van der Waals surface area contributed by atoms with Crippen molar-refractivity contribution in [3.05, 3.63) is 11.8 Å². The Labute approximate surface area is 142 Å². The quantitative estimate of drug-likeness (QED) is 0.771. The van der Waals surface area contributed by atoms with Gasteiger partial charge >= 0.3 is 0 Å². The van der Waals surface area contributed by atoms with Gasteiger partial charge in [-0.1, -0.05) is 13.8 Å². The molecule has 2 rings (SSSR count). The number of hydrogen-bond acceptors (Lipinski definition) is 6. The van der Waals surface area contributed by atoms with Gasteiger partial charge in [-0.25, -0.2) is 0 Å². The normalized spacial score (nSPS) is 18.9. The van der Waals surface area contributed by atoms with Crippen molar-refractivity contribution in [3.8, 4) is 0 Å². The van der Waals surface area contributed by atoms with E-state index in [1.165, 1.54) is 4.90 Å². The smallest absolute Gasteiger partial charge is 0.246 e. The Balaban J connectivity index is 1.99. The number of hydrogen-bond donors (Lipinski definition) is 0. The maximum Gasteiger partial charge on any atom is 0.246 e. The number of carbonyl (C=O) groups excluding carboxylic acids is 2. The summed E-state index contributed by atoms with van der Waals surface area (Å²) in [6.07, 6.45) is 0.661. The van der Waals surface area contributed by atoms with Crippen LogP contribution in [0.4, 0.5) is 0 Å². The minimum atomic E-state index is -0.430. The summed E-state index contributed by atoms with van der Waals surface area (Å²) in [6, 6.07) is -0.430. The molecule has 0 saturated carbocycles. The molecule has 1 aromatic heterocycles. The van der Waals surface area contributed by atoms with E-state index in [0.29, 0.717) is 31.3 Å². The fraction of sp³-hybridized carbons (Fsp3) is 0.750. The van der Waals surface area contributed by atoms with Crippen molar-refractivity contribution in [2.24, 2.45) is 0 Å². The van der Waals surface area contributed by atoms with Crippen LogP contribution in [0.5, 0.6) is 0 Å². The fourth-order valence-electron chi connectivity index (χ4n) is 2.69. The lowest BCUT2D eigenvalue weighted by Crippen LogP contribution is -2.59. The van der Waals surface area contributed by atoms with Gasteiger partial charge in [0.2, 0.25) is 23.6 Å². The van der Waals surface area contributed by atoms with Gasteiger partial charge in [0, 0.05) is 52.5 Å². The van der Waals surface area contributed by atoms with Crippen molar-refractivity contribution in [1.29, 1.82) is 0 Å². The van der Waals surface area contributed by atoms with Gasteiger partial charge in [-0.05, 0) is 7.05 Å². The van der Waals surface area contributed by atoms with Gasteiger partial charge in [-0.15, -0.1) is 10.2 Å². The second-order valence-electron chi connectivity index (χ2n) is 6.79. The Morgan fingerprint density at radius 3 is 2.58 bits per heavy atom. The molecule has 1 atom stereocenters. The molecule has 1 aromatic rings. The number of carbonyl (C=O) groups is 2. The van der Waals surface area contributed by atoms with Crippen LogP contribution in [0.3, 0.4) is 0 Å². The number of nitrogens with zero attached hydrogens (tertiary/aromatic N) is 5. The standard InChI is InChI=1S/C16H27N5O3/c1-11(2)15-18-17-13(24-15)6-7-14(22)21-9-8-20(5)10-12(21)16(23)19(3)4/h11-12H,6-10H2,1-5H3.